The summed E-state index contributed by atoms with van der Waals surface area (Å²) in [4.78, 5) is 11.0. The van der Waals surface area contributed by atoms with Crippen molar-refractivity contribution in [2.24, 2.45) is 0 Å². The van der Waals surface area contributed by atoms with E-state index in [2.05, 4.69) is 20.2 Å². The maximum Gasteiger partial charge on any atom is 0.225 e. The number of aromatic nitrogens is 2. The molecule has 0 radical (unpaired) electrons. The molecule has 128 valence electrons. The van der Waals surface area contributed by atoms with Crippen molar-refractivity contribution in [3.63, 3.8) is 0 Å². The fourth-order valence-corrected chi connectivity index (χ4v) is 2.63. The molecule has 1 aliphatic heterocycles. The Hall–Kier alpha value is -2.02. The molecule has 6 heteroatoms. The minimum atomic E-state index is -0.422. The Morgan fingerprint density at radius 3 is 2.33 bits per heavy atom. The maximum absolute atomic E-state index is 9.52. The molecule has 1 aromatic heterocycles. The van der Waals surface area contributed by atoms with E-state index in [9.17, 15) is 5.11 Å². The van der Waals surface area contributed by atoms with Gasteiger partial charge in [0.2, 0.25) is 5.95 Å². The third-order valence-electron chi connectivity index (χ3n) is 4.11. The average molecular weight is 328 g/mol. The van der Waals surface area contributed by atoms with Crippen LogP contribution in [0.5, 0.6) is 0 Å². The van der Waals surface area contributed by atoms with Gasteiger partial charge in [-0.25, -0.2) is 9.97 Å². The average Bonchev–Trinajstić information content (AvgIpc) is 2.63. The van der Waals surface area contributed by atoms with E-state index in [0.29, 0.717) is 0 Å². The molecule has 2 aromatic rings. The quantitative estimate of drug-likeness (QED) is 0.840. The van der Waals surface area contributed by atoms with Crippen molar-refractivity contribution in [3.05, 3.63) is 53.3 Å². The lowest BCUT2D eigenvalue weighted by Gasteiger charge is -2.26. The van der Waals surface area contributed by atoms with E-state index in [0.717, 1.165) is 56.5 Å². The number of aliphatic hydroxyl groups excluding tert-OH is 1. The Kier molecular flexibility index (Phi) is 5.74. The van der Waals surface area contributed by atoms with Crippen molar-refractivity contribution in [1.82, 2.24) is 15.3 Å². The molecule has 0 aliphatic carbocycles. The van der Waals surface area contributed by atoms with E-state index in [1.807, 2.05) is 36.7 Å². The Labute approximate surface area is 142 Å². The number of nitrogens with one attached hydrogen (secondary N) is 1. The van der Waals surface area contributed by atoms with Gasteiger partial charge in [0.15, 0.2) is 0 Å². The van der Waals surface area contributed by atoms with Crippen LogP contribution in [-0.2, 0) is 17.8 Å². The van der Waals surface area contributed by atoms with Gasteiger partial charge in [0.25, 0.3) is 0 Å². The van der Waals surface area contributed by atoms with E-state index in [-0.39, 0.29) is 0 Å². The zero-order valence-corrected chi connectivity index (χ0v) is 14.0. The van der Waals surface area contributed by atoms with Gasteiger partial charge in [-0.2, -0.15) is 0 Å². The lowest BCUT2D eigenvalue weighted by Crippen LogP contribution is -2.37. The Bertz CT molecular complexity index is 622. The van der Waals surface area contributed by atoms with Gasteiger partial charge in [-0.15, -0.1) is 0 Å². The summed E-state index contributed by atoms with van der Waals surface area (Å²) in [6.45, 7) is 6.43. The van der Waals surface area contributed by atoms with Gasteiger partial charge in [-0.3, -0.25) is 0 Å². The summed E-state index contributed by atoms with van der Waals surface area (Å²) in [6, 6.07) is 7.99. The number of benzene rings is 1. The third-order valence-corrected chi connectivity index (χ3v) is 4.11. The summed E-state index contributed by atoms with van der Waals surface area (Å²) >= 11 is 0. The van der Waals surface area contributed by atoms with Crippen LogP contribution in [0.4, 0.5) is 5.95 Å². The third kappa shape index (κ3) is 4.50. The van der Waals surface area contributed by atoms with Crippen LogP contribution in [-0.4, -0.2) is 41.4 Å². The van der Waals surface area contributed by atoms with E-state index < -0.39 is 6.10 Å². The summed E-state index contributed by atoms with van der Waals surface area (Å²) in [5.41, 5.74) is 3.18. The predicted molar refractivity (Wildman–Crippen MR) is 92.7 cm³/mol. The van der Waals surface area contributed by atoms with Crippen LogP contribution in [0.2, 0.25) is 0 Å². The molecule has 24 heavy (non-hydrogen) atoms. The van der Waals surface area contributed by atoms with Crippen molar-refractivity contribution >= 4 is 5.95 Å². The van der Waals surface area contributed by atoms with E-state index in [1.165, 1.54) is 5.56 Å². The molecule has 2 heterocycles. The summed E-state index contributed by atoms with van der Waals surface area (Å²) in [6.07, 6.45) is 3.33. The molecule has 0 unspecified atom stereocenters. The lowest BCUT2D eigenvalue weighted by molar-refractivity contribution is 0.122. The predicted octanol–water partition coefficient (Wildman–Crippen LogP) is 1.66. The summed E-state index contributed by atoms with van der Waals surface area (Å²) in [5.74, 6) is 0.774. The highest BCUT2D eigenvalue weighted by molar-refractivity contribution is 5.30. The van der Waals surface area contributed by atoms with Crippen LogP contribution >= 0.6 is 0 Å². The molecule has 1 saturated heterocycles. The minimum absolute atomic E-state index is 0.422. The molecule has 0 spiro atoms. The van der Waals surface area contributed by atoms with E-state index in [4.69, 9.17) is 4.74 Å². The number of morpholine rings is 1. The molecule has 6 nitrogen and oxygen atoms in total. The van der Waals surface area contributed by atoms with Crippen LogP contribution in [0.3, 0.4) is 0 Å². The first-order valence-electron chi connectivity index (χ1n) is 8.33. The molecule has 1 aromatic carbocycles. The monoisotopic (exact) mass is 328 g/mol. The highest BCUT2D eigenvalue weighted by Crippen LogP contribution is 2.13. The van der Waals surface area contributed by atoms with Crippen molar-refractivity contribution in [2.45, 2.75) is 26.1 Å². The first-order chi connectivity index (χ1) is 11.7. The van der Waals surface area contributed by atoms with Gasteiger partial charge in [0, 0.05) is 44.1 Å². The minimum Gasteiger partial charge on any atom is -0.389 e. The maximum atomic E-state index is 9.52. The standard InChI is InChI=1S/C18H24N4O2/c1-14(23)17-4-2-15(3-5-17)10-19-11-16-12-20-18(21-13-16)22-6-8-24-9-7-22/h2-5,12-14,19,23H,6-11H2,1H3/t14-/m1/s1. The SMILES string of the molecule is C[C@@H](O)c1ccc(CNCc2cnc(N3CCOCC3)nc2)cc1. The van der Waals surface area contributed by atoms with Crippen molar-refractivity contribution in [2.75, 3.05) is 31.2 Å². The fraction of sp³-hybridized carbons (Fsp3) is 0.444. The van der Waals surface area contributed by atoms with Gasteiger partial charge in [-0.05, 0) is 18.1 Å². The number of nitrogens with zero attached hydrogens (tertiary/aromatic N) is 3. The van der Waals surface area contributed by atoms with Gasteiger partial charge in [0.05, 0.1) is 19.3 Å². The van der Waals surface area contributed by atoms with Crippen LogP contribution in [0.25, 0.3) is 0 Å². The Balaban J connectivity index is 1.47. The van der Waals surface area contributed by atoms with Gasteiger partial charge >= 0.3 is 0 Å². The van der Waals surface area contributed by atoms with Gasteiger partial charge < -0.3 is 20.1 Å². The zero-order valence-electron chi connectivity index (χ0n) is 14.0. The molecule has 0 bridgehead atoms. The highest BCUT2D eigenvalue weighted by Gasteiger charge is 2.13. The number of rotatable bonds is 6. The Morgan fingerprint density at radius 2 is 1.71 bits per heavy atom. The summed E-state index contributed by atoms with van der Waals surface area (Å²) in [7, 11) is 0. The van der Waals surface area contributed by atoms with Gasteiger partial charge in [-0.1, -0.05) is 24.3 Å². The number of ether oxygens (including phenoxy) is 1. The molecule has 1 aliphatic rings. The largest absolute Gasteiger partial charge is 0.389 e. The van der Waals surface area contributed by atoms with Crippen LogP contribution < -0.4 is 10.2 Å². The molecular weight excluding hydrogens is 304 g/mol. The first kappa shape index (κ1) is 16.8. The Morgan fingerprint density at radius 1 is 1.08 bits per heavy atom. The normalized spacial score (nSPS) is 16.2. The summed E-state index contributed by atoms with van der Waals surface area (Å²) in [5, 5.41) is 12.9. The van der Waals surface area contributed by atoms with Crippen LogP contribution in [0.1, 0.15) is 29.7 Å². The second kappa shape index (κ2) is 8.19. The van der Waals surface area contributed by atoms with Crippen molar-refractivity contribution < 1.29 is 9.84 Å². The number of anilines is 1. The smallest absolute Gasteiger partial charge is 0.225 e. The lowest BCUT2D eigenvalue weighted by atomic mass is 10.1. The molecule has 3 rings (SSSR count). The number of hydrogen-bond donors (Lipinski definition) is 2. The zero-order chi connectivity index (χ0) is 16.8. The van der Waals surface area contributed by atoms with E-state index >= 15 is 0 Å². The molecule has 2 N–H and O–H groups in total. The molecule has 1 fully saturated rings. The molecule has 0 saturated carbocycles. The summed E-state index contributed by atoms with van der Waals surface area (Å²) < 4.78 is 5.34. The van der Waals surface area contributed by atoms with Crippen molar-refractivity contribution in [3.8, 4) is 0 Å². The fourth-order valence-electron chi connectivity index (χ4n) is 2.63. The van der Waals surface area contributed by atoms with Gasteiger partial charge in [0.1, 0.15) is 0 Å². The number of hydrogen-bond acceptors (Lipinski definition) is 6. The van der Waals surface area contributed by atoms with Crippen molar-refractivity contribution in [1.29, 1.82) is 0 Å². The number of aliphatic hydroxyl groups is 1. The molecule has 1 atom stereocenters. The molecular formula is C18H24N4O2. The van der Waals surface area contributed by atoms with E-state index in [1.54, 1.807) is 6.92 Å². The molecule has 0 amide bonds. The topological polar surface area (TPSA) is 70.5 Å². The van der Waals surface area contributed by atoms with Crippen LogP contribution in [0.15, 0.2) is 36.7 Å². The second-order valence-corrected chi connectivity index (χ2v) is 6.01. The highest BCUT2D eigenvalue weighted by atomic mass is 16.5. The van der Waals surface area contributed by atoms with Crippen LogP contribution in [0, 0.1) is 0 Å². The second-order valence-electron chi connectivity index (χ2n) is 6.01. The first-order valence-corrected chi connectivity index (χ1v) is 8.33.